The van der Waals surface area contributed by atoms with Gasteiger partial charge in [-0.25, -0.2) is 0 Å². The maximum atomic E-state index is 12.4. The number of methoxy groups -OCH3 is 1. The second-order valence-electron chi connectivity index (χ2n) is 5.85. The van der Waals surface area contributed by atoms with Gasteiger partial charge in [0.1, 0.15) is 5.75 Å². The van der Waals surface area contributed by atoms with E-state index in [1.165, 1.54) is 5.56 Å². The van der Waals surface area contributed by atoms with E-state index in [2.05, 4.69) is 5.32 Å². The van der Waals surface area contributed by atoms with Gasteiger partial charge in [0.2, 0.25) is 5.91 Å². The van der Waals surface area contributed by atoms with Gasteiger partial charge in [0.25, 0.3) is 0 Å². The summed E-state index contributed by atoms with van der Waals surface area (Å²) in [5, 5.41) is 3.03. The van der Waals surface area contributed by atoms with Crippen LogP contribution in [0.5, 0.6) is 5.75 Å². The molecule has 0 radical (unpaired) electrons. The van der Waals surface area contributed by atoms with Crippen LogP contribution in [0.25, 0.3) is 0 Å². The van der Waals surface area contributed by atoms with Gasteiger partial charge in [-0.15, -0.1) is 0 Å². The second kappa shape index (κ2) is 7.12. The molecule has 0 heterocycles. The zero-order valence-corrected chi connectivity index (χ0v) is 13.4. The average Bonchev–Trinajstić information content (AvgIpc) is 2.56. The molecule has 3 heteroatoms. The van der Waals surface area contributed by atoms with Crippen LogP contribution >= 0.6 is 0 Å². The molecular weight excluding hydrogens is 274 g/mol. The highest BCUT2D eigenvalue weighted by Crippen LogP contribution is 2.22. The van der Waals surface area contributed by atoms with Crippen molar-refractivity contribution in [3.05, 3.63) is 65.7 Å². The van der Waals surface area contributed by atoms with Crippen LogP contribution in [0.3, 0.4) is 0 Å². The van der Waals surface area contributed by atoms with Crippen LogP contribution in [0.2, 0.25) is 0 Å². The highest BCUT2D eigenvalue weighted by atomic mass is 16.5. The van der Waals surface area contributed by atoms with Crippen molar-refractivity contribution in [3.8, 4) is 5.75 Å². The molecule has 0 atom stereocenters. The summed E-state index contributed by atoms with van der Waals surface area (Å²) in [4.78, 5) is 12.4. The summed E-state index contributed by atoms with van der Waals surface area (Å²) in [7, 11) is 1.65. The molecule has 22 heavy (non-hydrogen) atoms. The summed E-state index contributed by atoms with van der Waals surface area (Å²) in [6, 6.07) is 17.8. The lowest BCUT2D eigenvalue weighted by Gasteiger charge is -2.24. The number of rotatable bonds is 6. The molecule has 0 aliphatic rings. The maximum Gasteiger partial charge on any atom is 0.230 e. The summed E-state index contributed by atoms with van der Waals surface area (Å²) in [5.74, 6) is 0.894. The predicted octanol–water partition coefficient (Wildman–Crippen LogP) is 3.33. The van der Waals surface area contributed by atoms with E-state index in [1.807, 2.05) is 68.4 Å². The summed E-state index contributed by atoms with van der Waals surface area (Å²) >= 11 is 0. The molecular formula is C19H23NO2. The third-order valence-corrected chi connectivity index (χ3v) is 3.92. The predicted molar refractivity (Wildman–Crippen MR) is 89.2 cm³/mol. The molecule has 2 aromatic carbocycles. The molecule has 0 aliphatic heterocycles. The van der Waals surface area contributed by atoms with E-state index in [0.717, 1.165) is 17.7 Å². The van der Waals surface area contributed by atoms with Crippen molar-refractivity contribution in [2.24, 2.45) is 0 Å². The minimum absolute atomic E-state index is 0.0483. The fourth-order valence-corrected chi connectivity index (χ4v) is 2.32. The lowest BCUT2D eigenvalue weighted by molar-refractivity contribution is -0.125. The van der Waals surface area contributed by atoms with Crippen LogP contribution < -0.4 is 10.1 Å². The van der Waals surface area contributed by atoms with E-state index in [0.29, 0.717) is 6.54 Å². The van der Waals surface area contributed by atoms with Crippen LogP contribution in [-0.2, 0) is 16.6 Å². The smallest absolute Gasteiger partial charge is 0.230 e. The largest absolute Gasteiger partial charge is 0.497 e. The van der Waals surface area contributed by atoms with Gasteiger partial charge in [-0.2, -0.15) is 0 Å². The molecule has 0 saturated carbocycles. The monoisotopic (exact) mass is 297 g/mol. The van der Waals surface area contributed by atoms with Crippen molar-refractivity contribution in [2.75, 3.05) is 13.7 Å². The Morgan fingerprint density at radius 3 is 2.27 bits per heavy atom. The molecule has 0 spiro atoms. The lowest BCUT2D eigenvalue weighted by Crippen LogP contribution is -2.40. The Kier molecular flexibility index (Phi) is 5.21. The number of amides is 1. The number of carbonyl (C=O) groups is 1. The van der Waals surface area contributed by atoms with Crippen LogP contribution in [0.1, 0.15) is 25.0 Å². The van der Waals surface area contributed by atoms with Crippen molar-refractivity contribution >= 4 is 5.91 Å². The molecule has 0 fully saturated rings. The molecule has 0 unspecified atom stereocenters. The molecule has 1 N–H and O–H groups in total. The fraction of sp³-hybridized carbons (Fsp3) is 0.316. The van der Waals surface area contributed by atoms with Gasteiger partial charge in [0, 0.05) is 6.54 Å². The zero-order valence-electron chi connectivity index (χ0n) is 13.4. The van der Waals surface area contributed by atoms with E-state index in [9.17, 15) is 4.79 Å². The topological polar surface area (TPSA) is 38.3 Å². The first-order valence-corrected chi connectivity index (χ1v) is 7.51. The van der Waals surface area contributed by atoms with Gasteiger partial charge < -0.3 is 10.1 Å². The molecule has 2 aromatic rings. The molecule has 1 amide bonds. The van der Waals surface area contributed by atoms with Crippen molar-refractivity contribution in [1.82, 2.24) is 5.32 Å². The minimum Gasteiger partial charge on any atom is -0.497 e. The summed E-state index contributed by atoms with van der Waals surface area (Å²) < 4.78 is 5.14. The average molecular weight is 297 g/mol. The van der Waals surface area contributed by atoms with E-state index in [-0.39, 0.29) is 5.91 Å². The number of hydrogen-bond donors (Lipinski definition) is 1. The summed E-state index contributed by atoms with van der Waals surface area (Å²) in [5.41, 5.74) is 1.68. The lowest BCUT2D eigenvalue weighted by atomic mass is 9.84. The van der Waals surface area contributed by atoms with Crippen molar-refractivity contribution in [3.63, 3.8) is 0 Å². The van der Waals surface area contributed by atoms with Crippen molar-refractivity contribution in [1.29, 1.82) is 0 Å². The number of carbonyl (C=O) groups excluding carboxylic acids is 1. The van der Waals surface area contributed by atoms with Crippen LogP contribution in [0, 0.1) is 0 Å². The number of nitrogens with one attached hydrogen (secondary N) is 1. The third kappa shape index (κ3) is 3.88. The number of ether oxygens (including phenoxy) is 1. The Balaban J connectivity index is 1.89. The van der Waals surface area contributed by atoms with Crippen LogP contribution in [-0.4, -0.2) is 19.6 Å². The van der Waals surface area contributed by atoms with Crippen LogP contribution in [0.4, 0.5) is 0 Å². The van der Waals surface area contributed by atoms with Gasteiger partial charge in [0.05, 0.1) is 12.5 Å². The Morgan fingerprint density at radius 1 is 1.05 bits per heavy atom. The normalized spacial score (nSPS) is 11.0. The third-order valence-electron chi connectivity index (χ3n) is 3.92. The van der Waals surface area contributed by atoms with Crippen LogP contribution in [0.15, 0.2) is 54.6 Å². The van der Waals surface area contributed by atoms with E-state index in [1.54, 1.807) is 7.11 Å². The quantitative estimate of drug-likeness (QED) is 0.888. The first-order valence-electron chi connectivity index (χ1n) is 7.51. The molecule has 0 bridgehead atoms. The van der Waals surface area contributed by atoms with Crippen molar-refractivity contribution < 1.29 is 9.53 Å². The second-order valence-corrected chi connectivity index (χ2v) is 5.85. The van der Waals surface area contributed by atoms with E-state index in [4.69, 9.17) is 4.74 Å². The molecule has 3 nitrogen and oxygen atoms in total. The summed E-state index contributed by atoms with van der Waals surface area (Å²) in [6.07, 6.45) is 0.806. The van der Waals surface area contributed by atoms with E-state index >= 15 is 0 Å². The number of benzene rings is 2. The standard InChI is InChI=1S/C19H23NO2/c1-19(2,16-7-5-4-6-8-16)18(21)20-14-13-15-9-11-17(22-3)12-10-15/h4-12H,13-14H2,1-3H3,(H,20,21). The van der Waals surface area contributed by atoms with Gasteiger partial charge in [0.15, 0.2) is 0 Å². The molecule has 116 valence electrons. The Hall–Kier alpha value is -2.29. The minimum atomic E-state index is -0.527. The molecule has 0 aliphatic carbocycles. The Labute approximate surface area is 132 Å². The molecule has 2 rings (SSSR count). The highest BCUT2D eigenvalue weighted by molar-refractivity contribution is 5.87. The number of hydrogen-bond acceptors (Lipinski definition) is 2. The van der Waals surface area contributed by atoms with Gasteiger partial charge >= 0.3 is 0 Å². The first-order chi connectivity index (χ1) is 10.5. The van der Waals surface area contributed by atoms with E-state index < -0.39 is 5.41 Å². The summed E-state index contributed by atoms with van der Waals surface area (Å²) in [6.45, 7) is 4.53. The fourth-order valence-electron chi connectivity index (χ4n) is 2.32. The van der Waals surface area contributed by atoms with Gasteiger partial charge in [-0.1, -0.05) is 42.5 Å². The van der Waals surface area contributed by atoms with Gasteiger partial charge in [-0.3, -0.25) is 4.79 Å². The highest BCUT2D eigenvalue weighted by Gasteiger charge is 2.28. The molecule has 0 aromatic heterocycles. The zero-order chi connectivity index (χ0) is 16.0. The first kappa shape index (κ1) is 16.1. The maximum absolute atomic E-state index is 12.4. The van der Waals surface area contributed by atoms with Gasteiger partial charge in [-0.05, 0) is 43.5 Å². The Morgan fingerprint density at radius 2 is 1.68 bits per heavy atom. The van der Waals surface area contributed by atoms with Crippen molar-refractivity contribution in [2.45, 2.75) is 25.7 Å². The molecule has 0 saturated heterocycles. The SMILES string of the molecule is COc1ccc(CCNC(=O)C(C)(C)c2ccccc2)cc1. The Bertz CT molecular complexity index is 603.